The van der Waals surface area contributed by atoms with Crippen molar-refractivity contribution in [3.8, 4) is 0 Å². The van der Waals surface area contributed by atoms with Crippen LogP contribution in [0.3, 0.4) is 0 Å². The normalized spacial score (nSPS) is 18.6. The fourth-order valence-electron chi connectivity index (χ4n) is 2.64. The van der Waals surface area contributed by atoms with Crippen LogP contribution in [0.25, 0.3) is 11.0 Å². The Labute approximate surface area is 147 Å². The van der Waals surface area contributed by atoms with Crippen LogP contribution in [0.15, 0.2) is 6.33 Å². The zero-order chi connectivity index (χ0) is 16.8. The third-order valence-electron chi connectivity index (χ3n) is 3.64. The second-order valence-electron chi connectivity index (χ2n) is 6.56. The molecule has 2 N–H and O–H groups in total. The summed E-state index contributed by atoms with van der Waals surface area (Å²) in [5.41, 5.74) is 6.13. The van der Waals surface area contributed by atoms with Gasteiger partial charge in [-0.2, -0.15) is 5.10 Å². The number of carbonyl (C=O) groups excluding carboxylic acids is 1. The van der Waals surface area contributed by atoms with Crippen molar-refractivity contribution < 1.29 is 9.53 Å². The first kappa shape index (κ1) is 16.2. The summed E-state index contributed by atoms with van der Waals surface area (Å²) in [5, 5.41) is 5.31. The van der Waals surface area contributed by atoms with Gasteiger partial charge in [0.15, 0.2) is 5.65 Å². The Hall–Kier alpha value is -1.65. The second kappa shape index (κ2) is 5.77. The van der Waals surface area contributed by atoms with Gasteiger partial charge >= 0.3 is 6.09 Å². The van der Waals surface area contributed by atoms with Crippen molar-refractivity contribution >= 4 is 45.5 Å². The summed E-state index contributed by atoms with van der Waals surface area (Å²) in [7, 11) is 0. The van der Waals surface area contributed by atoms with E-state index >= 15 is 0 Å². The van der Waals surface area contributed by atoms with Gasteiger partial charge in [-0.1, -0.05) is 0 Å². The Morgan fingerprint density at radius 2 is 2.17 bits per heavy atom. The molecule has 1 amide bonds. The van der Waals surface area contributed by atoms with Gasteiger partial charge in [-0.25, -0.2) is 19.4 Å². The maximum Gasteiger partial charge on any atom is 0.410 e. The van der Waals surface area contributed by atoms with E-state index in [1.807, 2.05) is 25.5 Å². The zero-order valence-corrected chi connectivity index (χ0v) is 15.4. The van der Waals surface area contributed by atoms with Gasteiger partial charge in [-0.15, -0.1) is 0 Å². The van der Waals surface area contributed by atoms with Gasteiger partial charge in [0.25, 0.3) is 0 Å². The minimum Gasteiger partial charge on any atom is -0.444 e. The van der Waals surface area contributed by atoms with Crippen LogP contribution in [0.5, 0.6) is 0 Å². The minimum atomic E-state index is -0.495. The van der Waals surface area contributed by atoms with Gasteiger partial charge in [-0.3, -0.25) is 0 Å². The van der Waals surface area contributed by atoms with E-state index in [0.29, 0.717) is 24.6 Å². The molecule has 0 aromatic carbocycles. The molecule has 0 aliphatic carbocycles. The SMILES string of the molecule is CC(C)(C)OC(=O)N1CC[C@@H](n2nc(I)c3c(N)ncnc32)C1. The van der Waals surface area contributed by atoms with E-state index in [0.717, 1.165) is 15.5 Å². The molecule has 1 saturated heterocycles. The molecule has 23 heavy (non-hydrogen) atoms. The van der Waals surface area contributed by atoms with Crippen molar-refractivity contribution in [1.29, 1.82) is 0 Å². The van der Waals surface area contributed by atoms with Gasteiger partial charge in [-0.05, 0) is 49.8 Å². The van der Waals surface area contributed by atoms with Gasteiger partial charge in [0, 0.05) is 13.1 Å². The highest BCUT2D eigenvalue weighted by Gasteiger charge is 2.32. The maximum absolute atomic E-state index is 12.2. The van der Waals surface area contributed by atoms with Gasteiger partial charge in [0.1, 0.15) is 21.4 Å². The number of amides is 1. The number of fused-ring (bicyclic) bond motifs is 1. The average Bonchev–Trinajstić information content (AvgIpc) is 3.02. The van der Waals surface area contributed by atoms with E-state index in [9.17, 15) is 4.79 Å². The van der Waals surface area contributed by atoms with E-state index in [4.69, 9.17) is 10.5 Å². The molecule has 0 saturated carbocycles. The molecule has 8 nitrogen and oxygen atoms in total. The lowest BCUT2D eigenvalue weighted by atomic mass is 10.2. The number of nitrogens with zero attached hydrogens (tertiary/aromatic N) is 5. The van der Waals surface area contributed by atoms with E-state index < -0.39 is 5.60 Å². The number of carbonyl (C=O) groups is 1. The highest BCUT2D eigenvalue weighted by molar-refractivity contribution is 14.1. The highest BCUT2D eigenvalue weighted by Crippen LogP contribution is 2.29. The zero-order valence-electron chi connectivity index (χ0n) is 13.3. The highest BCUT2D eigenvalue weighted by atomic mass is 127. The number of nitrogen functional groups attached to an aromatic ring is 1. The van der Waals surface area contributed by atoms with E-state index in [1.54, 1.807) is 4.90 Å². The fraction of sp³-hybridized carbons (Fsp3) is 0.571. The first-order chi connectivity index (χ1) is 10.8. The number of aromatic nitrogens is 4. The van der Waals surface area contributed by atoms with Crippen LogP contribution in [0, 0.1) is 3.70 Å². The van der Waals surface area contributed by atoms with Crippen molar-refractivity contribution in [1.82, 2.24) is 24.6 Å². The molecule has 9 heteroatoms. The molecule has 0 radical (unpaired) electrons. The molecule has 0 spiro atoms. The Bertz CT molecular complexity index is 754. The predicted molar refractivity (Wildman–Crippen MR) is 93.9 cm³/mol. The number of likely N-dealkylation sites (tertiary alicyclic amines) is 1. The number of hydrogen-bond donors (Lipinski definition) is 1. The summed E-state index contributed by atoms with van der Waals surface area (Å²) in [4.78, 5) is 22.2. The number of ether oxygens (including phenoxy) is 1. The molecule has 3 rings (SSSR count). The Kier molecular flexibility index (Phi) is 4.07. The molecule has 3 heterocycles. The summed E-state index contributed by atoms with van der Waals surface area (Å²) < 4.78 is 8.04. The van der Waals surface area contributed by atoms with Crippen molar-refractivity contribution in [2.75, 3.05) is 18.8 Å². The molecule has 1 fully saturated rings. The number of anilines is 1. The van der Waals surface area contributed by atoms with Crippen molar-refractivity contribution in [2.45, 2.75) is 38.8 Å². The van der Waals surface area contributed by atoms with Crippen molar-refractivity contribution in [3.63, 3.8) is 0 Å². The topological polar surface area (TPSA) is 99.2 Å². The molecule has 0 bridgehead atoms. The molecule has 1 aliphatic heterocycles. The quantitative estimate of drug-likeness (QED) is 0.697. The van der Waals surface area contributed by atoms with Gasteiger partial charge in [0.05, 0.1) is 11.4 Å². The summed E-state index contributed by atoms with van der Waals surface area (Å²) >= 11 is 2.13. The molecule has 1 aliphatic rings. The largest absolute Gasteiger partial charge is 0.444 e. The summed E-state index contributed by atoms with van der Waals surface area (Å²) in [6.45, 7) is 6.77. The molecule has 1 atom stereocenters. The van der Waals surface area contributed by atoms with E-state index in [-0.39, 0.29) is 12.1 Å². The van der Waals surface area contributed by atoms with Crippen LogP contribution in [0.1, 0.15) is 33.2 Å². The van der Waals surface area contributed by atoms with Crippen LogP contribution >= 0.6 is 22.6 Å². The lowest BCUT2D eigenvalue weighted by Gasteiger charge is -2.24. The Morgan fingerprint density at radius 3 is 2.87 bits per heavy atom. The molecule has 124 valence electrons. The number of halogens is 1. The lowest BCUT2D eigenvalue weighted by molar-refractivity contribution is 0.0288. The summed E-state index contributed by atoms with van der Waals surface area (Å²) in [5.74, 6) is 0.424. The molecular weight excluding hydrogens is 411 g/mol. The van der Waals surface area contributed by atoms with Gasteiger partial charge in [0.2, 0.25) is 0 Å². The standard InChI is InChI=1S/C14H19IN6O2/c1-14(2,3)23-13(22)20-5-4-8(6-20)21-12-9(10(15)19-21)11(16)17-7-18-12/h7-8H,4-6H2,1-3H3,(H2,16,17,18)/t8-/m1/s1. The first-order valence-corrected chi connectivity index (χ1v) is 8.46. The average molecular weight is 430 g/mol. The molecule has 2 aromatic rings. The smallest absolute Gasteiger partial charge is 0.410 e. The third-order valence-corrected chi connectivity index (χ3v) is 4.39. The van der Waals surface area contributed by atoms with Crippen LogP contribution in [-0.2, 0) is 4.74 Å². The number of hydrogen-bond acceptors (Lipinski definition) is 6. The third kappa shape index (κ3) is 3.19. The Balaban J connectivity index is 1.83. The van der Waals surface area contributed by atoms with Crippen LogP contribution in [0.2, 0.25) is 0 Å². The second-order valence-corrected chi connectivity index (χ2v) is 7.58. The lowest BCUT2D eigenvalue weighted by Crippen LogP contribution is -2.35. The number of rotatable bonds is 1. The van der Waals surface area contributed by atoms with Gasteiger partial charge < -0.3 is 15.4 Å². The first-order valence-electron chi connectivity index (χ1n) is 7.38. The maximum atomic E-state index is 12.2. The van der Waals surface area contributed by atoms with Crippen LogP contribution in [-0.4, -0.2) is 49.4 Å². The van der Waals surface area contributed by atoms with Crippen molar-refractivity contribution in [2.24, 2.45) is 0 Å². The summed E-state index contributed by atoms with van der Waals surface area (Å²) in [6.07, 6.45) is 1.95. The van der Waals surface area contributed by atoms with E-state index in [2.05, 4.69) is 37.7 Å². The molecular formula is C14H19IN6O2. The fourth-order valence-corrected chi connectivity index (χ4v) is 3.39. The number of nitrogens with two attached hydrogens (primary N) is 1. The monoisotopic (exact) mass is 430 g/mol. The van der Waals surface area contributed by atoms with Crippen molar-refractivity contribution in [3.05, 3.63) is 10.0 Å². The van der Waals surface area contributed by atoms with Crippen LogP contribution < -0.4 is 5.73 Å². The molecule has 2 aromatic heterocycles. The minimum absolute atomic E-state index is 0.0582. The Morgan fingerprint density at radius 1 is 1.43 bits per heavy atom. The predicted octanol–water partition coefficient (Wildman–Crippen LogP) is 2.20. The summed E-state index contributed by atoms with van der Waals surface area (Å²) in [6, 6.07) is 0.0582. The van der Waals surface area contributed by atoms with E-state index in [1.165, 1.54) is 6.33 Å². The molecule has 0 unspecified atom stereocenters. The van der Waals surface area contributed by atoms with Crippen LogP contribution in [0.4, 0.5) is 10.6 Å².